The average Bonchev–Trinajstić information content (AvgIpc) is 3.48. The van der Waals surface area contributed by atoms with Gasteiger partial charge in [0.05, 0.1) is 19.2 Å². The minimum absolute atomic E-state index is 0.113. The van der Waals surface area contributed by atoms with Gasteiger partial charge in [0, 0.05) is 6.04 Å². The Morgan fingerprint density at radius 2 is 1.59 bits per heavy atom. The Hall–Kier alpha value is -4.49. The predicted octanol–water partition coefficient (Wildman–Crippen LogP) is 2.61. The molecule has 1 aliphatic carbocycles. The number of benzene rings is 1. The summed E-state index contributed by atoms with van der Waals surface area (Å²) in [4.78, 5) is 92.2. The lowest BCUT2D eigenvalue weighted by Crippen LogP contribution is -2.59. The lowest BCUT2D eigenvalue weighted by atomic mass is 9.83. The highest BCUT2D eigenvalue weighted by Gasteiger charge is 2.44. The van der Waals surface area contributed by atoms with Crippen LogP contribution in [-0.2, 0) is 33.5 Å². The Morgan fingerprint density at radius 1 is 0.918 bits per heavy atom. The summed E-state index contributed by atoms with van der Waals surface area (Å²) in [5.74, 6) is -5.18. The van der Waals surface area contributed by atoms with E-state index in [1.165, 1.54) is 17.0 Å². The van der Waals surface area contributed by atoms with Crippen molar-refractivity contribution in [2.24, 2.45) is 11.8 Å². The lowest BCUT2D eigenvalue weighted by molar-refractivity contribution is -0.145. The van der Waals surface area contributed by atoms with Crippen molar-refractivity contribution in [3.8, 4) is 0 Å². The molecule has 1 aromatic carbocycles. The molecule has 3 rings (SSSR count). The van der Waals surface area contributed by atoms with E-state index in [1.54, 1.807) is 25.1 Å². The zero-order valence-electron chi connectivity index (χ0n) is 28.9. The molecule has 14 nitrogen and oxygen atoms in total. The van der Waals surface area contributed by atoms with E-state index in [-0.39, 0.29) is 36.8 Å². The molecule has 2 fully saturated rings. The number of alkyl carbamates (subject to hydrolysis) is 1. The van der Waals surface area contributed by atoms with Crippen LogP contribution in [0.2, 0.25) is 0 Å². The Bertz CT molecular complexity index is 1330. The van der Waals surface area contributed by atoms with Gasteiger partial charge in [0.15, 0.2) is 6.04 Å². The van der Waals surface area contributed by atoms with Crippen LogP contribution in [0.5, 0.6) is 0 Å². The number of Topliss-reactive ketones (excluding diaryl/α,β-unsaturated/α-hetero) is 1. The maximum absolute atomic E-state index is 14.1. The maximum Gasteiger partial charge on any atom is 0.407 e. The second-order valence-electron chi connectivity index (χ2n) is 13.3. The number of rotatable bonds is 16. The van der Waals surface area contributed by atoms with Gasteiger partial charge in [-0.25, -0.2) is 9.59 Å². The third-order valence-corrected chi connectivity index (χ3v) is 8.96. The van der Waals surface area contributed by atoms with Crippen molar-refractivity contribution < 1.29 is 43.4 Å². The SMILES string of the molecule is CCCC(NC(=O)C1CCC(C)N1C(=O)C(NC(=O)OCC(C)C)C1CCCCC1)C(=O)C(=O)NCC(=O)NC(C(=O)O)c1ccccc1. The van der Waals surface area contributed by atoms with Crippen molar-refractivity contribution in [1.82, 2.24) is 26.2 Å². The van der Waals surface area contributed by atoms with Crippen LogP contribution in [-0.4, -0.2) is 88.8 Å². The predicted molar refractivity (Wildman–Crippen MR) is 179 cm³/mol. The molecule has 1 heterocycles. The topological polar surface area (TPSA) is 200 Å². The Kier molecular flexibility index (Phi) is 15.0. The fraction of sp³-hybridized carbons (Fsp3) is 0.629. The quantitative estimate of drug-likeness (QED) is 0.162. The van der Waals surface area contributed by atoms with Crippen LogP contribution in [0.1, 0.15) is 97.1 Å². The second-order valence-corrected chi connectivity index (χ2v) is 13.3. The monoisotopic (exact) mass is 685 g/mol. The molecule has 0 radical (unpaired) electrons. The fourth-order valence-electron chi connectivity index (χ4n) is 6.41. The number of ketones is 1. The Morgan fingerprint density at radius 3 is 2.20 bits per heavy atom. The second kappa shape index (κ2) is 18.9. The largest absolute Gasteiger partial charge is 0.479 e. The van der Waals surface area contributed by atoms with E-state index in [0.29, 0.717) is 24.8 Å². The number of carbonyl (C=O) groups excluding carboxylic acids is 6. The average molecular weight is 686 g/mol. The molecule has 0 bridgehead atoms. The number of ether oxygens (including phenoxy) is 1. The highest BCUT2D eigenvalue weighted by molar-refractivity contribution is 6.38. The van der Waals surface area contributed by atoms with E-state index < -0.39 is 66.3 Å². The minimum Gasteiger partial charge on any atom is -0.479 e. The molecule has 5 amide bonds. The van der Waals surface area contributed by atoms with Crippen molar-refractivity contribution in [1.29, 1.82) is 0 Å². The number of carboxylic acids is 1. The summed E-state index contributed by atoms with van der Waals surface area (Å²) < 4.78 is 5.32. The van der Waals surface area contributed by atoms with Gasteiger partial charge < -0.3 is 36.0 Å². The first-order valence-electron chi connectivity index (χ1n) is 17.3. The molecule has 14 heteroatoms. The van der Waals surface area contributed by atoms with Gasteiger partial charge in [-0.15, -0.1) is 0 Å². The van der Waals surface area contributed by atoms with Crippen molar-refractivity contribution in [2.75, 3.05) is 13.2 Å². The summed E-state index contributed by atoms with van der Waals surface area (Å²) in [7, 11) is 0. The zero-order chi connectivity index (χ0) is 36.1. The number of nitrogens with zero attached hydrogens (tertiary/aromatic N) is 1. The number of amides is 5. The Balaban J connectivity index is 1.67. The van der Waals surface area contributed by atoms with Gasteiger partial charge in [-0.05, 0) is 56.4 Å². The van der Waals surface area contributed by atoms with Crippen LogP contribution in [0.3, 0.4) is 0 Å². The number of nitrogens with one attached hydrogen (secondary N) is 4. The van der Waals surface area contributed by atoms with Gasteiger partial charge >= 0.3 is 12.1 Å². The summed E-state index contributed by atoms with van der Waals surface area (Å²) in [5, 5.41) is 19.5. The molecular weight excluding hydrogens is 634 g/mol. The number of likely N-dealkylation sites (tertiary alicyclic amines) is 1. The molecular formula is C35H51N5O9. The lowest BCUT2D eigenvalue weighted by Gasteiger charge is -2.36. The normalized spacial score (nSPS) is 19.7. The van der Waals surface area contributed by atoms with E-state index >= 15 is 0 Å². The highest BCUT2D eigenvalue weighted by atomic mass is 16.5. The molecule has 0 spiro atoms. The molecule has 5 atom stereocenters. The fourth-order valence-corrected chi connectivity index (χ4v) is 6.41. The van der Waals surface area contributed by atoms with Crippen LogP contribution in [0.25, 0.3) is 0 Å². The van der Waals surface area contributed by atoms with Crippen LogP contribution < -0.4 is 21.3 Å². The zero-order valence-corrected chi connectivity index (χ0v) is 28.9. The van der Waals surface area contributed by atoms with Crippen molar-refractivity contribution in [3.63, 3.8) is 0 Å². The smallest absolute Gasteiger partial charge is 0.407 e. The van der Waals surface area contributed by atoms with Gasteiger partial charge in [-0.2, -0.15) is 0 Å². The van der Waals surface area contributed by atoms with E-state index in [2.05, 4.69) is 21.3 Å². The summed E-state index contributed by atoms with van der Waals surface area (Å²) in [5.41, 5.74) is 0.331. The third kappa shape index (κ3) is 11.3. The number of aliphatic carboxylic acids is 1. The van der Waals surface area contributed by atoms with Gasteiger partial charge in [0.2, 0.25) is 23.5 Å². The van der Waals surface area contributed by atoms with Crippen molar-refractivity contribution in [3.05, 3.63) is 35.9 Å². The third-order valence-electron chi connectivity index (χ3n) is 8.96. The first kappa shape index (κ1) is 39.0. The Labute approximate surface area is 287 Å². The van der Waals surface area contributed by atoms with Gasteiger partial charge in [-0.1, -0.05) is 76.8 Å². The summed E-state index contributed by atoms with van der Waals surface area (Å²) in [6, 6.07) is 3.34. The summed E-state index contributed by atoms with van der Waals surface area (Å²) >= 11 is 0. The maximum atomic E-state index is 14.1. The van der Waals surface area contributed by atoms with Crippen LogP contribution in [0.4, 0.5) is 4.79 Å². The van der Waals surface area contributed by atoms with E-state index in [4.69, 9.17) is 4.74 Å². The molecule has 5 unspecified atom stereocenters. The molecule has 0 aromatic heterocycles. The highest BCUT2D eigenvalue weighted by Crippen LogP contribution is 2.31. The number of hydrogen-bond acceptors (Lipinski definition) is 8. The van der Waals surface area contributed by atoms with Gasteiger partial charge in [-0.3, -0.25) is 24.0 Å². The minimum atomic E-state index is -1.36. The van der Waals surface area contributed by atoms with Crippen LogP contribution >= 0.6 is 0 Å². The summed E-state index contributed by atoms with van der Waals surface area (Å²) in [6.45, 7) is 6.97. The number of hydrogen-bond donors (Lipinski definition) is 5. The van der Waals surface area contributed by atoms with Crippen LogP contribution in [0.15, 0.2) is 30.3 Å². The summed E-state index contributed by atoms with van der Waals surface area (Å²) in [6.07, 6.45) is 5.15. The van der Waals surface area contributed by atoms with E-state index in [9.17, 15) is 38.7 Å². The standard InChI is InChI=1S/C35H51N5O9/c1-5-12-25(30(42)32(44)36-19-27(41)38-29(34(46)47)24-15-10-7-11-16-24)37-31(43)26-18-17-22(4)40(26)33(45)28(23-13-8-6-9-14-23)39-35(48)49-20-21(2)3/h7,10-11,15-16,21-23,25-26,28-29H,5-6,8-9,12-14,17-20H2,1-4H3,(H,36,44)(H,37,43)(H,38,41)(H,39,48)(H,46,47). The first-order chi connectivity index (χ1) is 23.3. The molecule has 1 saturated heterocycles. The number of carboxylic acid groups (broad SMARTS) is 1. The molecule has 49 heavy (non-hydrogen) atoms. The molecule has 1 aromatic rings. The molecule has 1 aliphatic heterocycles. The van der Waals surface area contributed by atoms with Gasteiger partial charge in [0.1, 0.15) is 12.1 Å². The van der Waals surface area contributed by atoms with Crippen LogP contribution in [0, 0.1) is 11.8 Å². The van der Waals surface area contributed by atoms with Gasteiger partial charge in [0.25, 0.3) is 5.91 Å². The first-order valence-corrected chi connectivity index (χ1v) is 17.3. The van der Waals surface area contributed by atoms with Crippen molar-refractivity contribution in [2.45, 2.75) is 116 Å². The molecule has 2 aliphatic rings. The molecule has 1 saturated carbocycles. The molecule has 5 N–H and O–H groups in total. The van der Waals surface area contributed by atoms with Crippen molar-refractivity contribution >= 4 is 41.5 Å². The number of carbonyl (C=O) groups is 7. The van der Waals surface area contributed by atoms with E-state index in [0.717, 1.165) is 32.1 Å². The molecule has 270 valence electrons. The van der Waals surface area contributed by atoms with E-state index in [1.807, 2.05) is 20.8 Å².